The predicted octanol–water partition coefficient (Wildman–Crippen LogP) is 12.7. The van der Waals surface area contributed by atoms with Crippen molar-refractivity contribution in [2.24, 2.45) is 0 Å². The van der Waals surface area contributed by atoms with E-state index < -0.39 is 0 Å². The molecule has 0 N–H and O–H groups in total. The largest absolute Gasteiger partial charge is 0.256 e. The molecule has 2 heterocycles. The van der Waals surface area contributed by atoms with Crippen molar-refractivity contribution in [2.45, 2.75) is 6.92 Å². The molecule has 0 radical (unpaired) electrons. The maximum atomic E-state index is 5.12. The molecule has 51 heavy (non-hydrogen) atoms. The Kier molecular flexibility index (Phi) is 8.68. The van der Waals surface area contributed by atoms with Crippen LogP contribution in [-0.4, -0.2) is 15.0 Å². The molecule has 3 nitrogen and oxygen atoms in total. The summed E-state index contributed by atoms with van der Waals surface area (Å²) in [6.45, 7) is 6.25. The summed E-state index contributed by atoms with van der Waals surface area (Å²) in [5.74, 6) is 0.679. The number of fused-ring (bicyclic) bond motifs is 2. The monoisotopic (exact) mass is 653 g/mol. The van der Waals surface area contributed by atoms with E-state index in [1.54, 1.807) is 0 Å². The Morgan fingerprint density at radius 3 is 1.75 bits per heavy atom. The zero-order valence-corrected chi connectivity index (χ0v) is 28.4. The molecule has 8 rings (SSSR count). The van der Waals surface area contributed by atoms with Crippen molar-refractivity contribution in [3.05, 3.63) is 194 Å². The molecule has 8 aromatic rings. The summed E-state index contributed by atoms with van der Waals surface area (Å²) in [7, 11) is 0. The highest BCUT2D eigenvalue weighted by Gasteiger charge is 2.12. The molecule has 0 bridgehead atoms. The topological polar surface area (TPSA) is 38.7 Å². The quantitative estimate of drug-likeness (QED) is 0.153. The van der Waals surface area contributed by atoms with Gasteiger partial charge in [0, 0.05) is 33.8 Å². The molecule has 0 fully saturated rings. The fraction of sp³-hybridized carbons (Fsp3) is 0.0208. The Labute approximate surface area is 298 Å². The van der Waals surface area contributed by atoms with Gasteiger partial charge in [-0.1, -0.05) is 158 Å². The lowest BCUT2D eigenvalue weighted by Gasteiger charge is -2.11. The molecule has 0 amide bonds. The van der Waals surface area contributed by atoms with Crippen LogP contribution in [0.25, 0.3) is 83.4 Å². The van der Waals surface area contributed by atoms with Gasteiger partial charge in [0.2, 0.25) is 0 Å². The van der Waals surface area contributed by atoms with Crippen LogP contribution in [0.5, 0.6) is 0 Å². The fourth-order valence-electron chi connectivity index (χ4n) is 6.35. The van der Waals surface area contributed by atoms with Gasteiger partial charge >= 0.3 is 0 Å². The van der Waals surface area contributed by atoms with Crippen LogP contribution in [-0.2, 0) is 0 Å². The first-order valence-corrected chi connectivity index (χ1v) is 17.1. The normalized spacial score (nSPS) is 11.5. The van der Waals surface area contributed by atoms with Crippen molar-refractivity contribution in [1.82, 2.24) is 15.0 Å². The summed E-state index contributed by atoms with van der Waals surface area (Å²) in [5.41, 5.74) is 12.2. The minimum Gasteiger partial charge on any atom is -0.256 e. The summed E-state index contributed by atoms with van der Waals surface area (Å²) >= 11 is 0. The van der Waals surface area contributed by atoms with Crippen LogP contribution < -0.4 is 0 Å². The molecule has 0 aliphatic carbocycles. The van der Waals surface area contributed by atoms with Crippen molar-refractivity contribution in [3.8, 4) is 56.2 Å². The van der Waals surface area contributed by atoms with Crippen LogP contribution in [0, 0.1) is 0 Å². The Morgan fingerprint density at radius 2 is 1.04 bits per heavy atom. The Bertz CT molecular complexity index is 2440. The number of rotatable bonds is 8. The van der Waals surface area contributed by atoms with Gasteiger partial charge in [-0.05, 0) is 69.8 Å². The van der Waals surface area contributed by atoms with Crippen LogP contribution in [0.2, 0.25) is 0 Å². The van der Waals surface area contributed by atoms with E-state index in [0.717, 1.165) is 66.8 Å². The van der Waals surface area contributed by atoms with E-state index in [1.807, 2.05) is 55.6 Å². The molecule has 0 unspecified atom stereocenters. The smallest absolute Gasteiger partial charge is 0.160 e. The molecular formula is C48H35N3. The van der Waals surface area contributed by atoms with E-state index in [-0.39, 0.29) is 0 Å². The number of hydrogen-bond acceptors (Lipinski definition) is 3. The summed E-state index contributed by atoms with van der Waals surface area (Å²) in [6.07, 6.45) is 9.97. The van der Waals surface area contributed by atoms with Crippen molar-refractivity contribution in [2.75, 3.05) is 0 Å². The standard InChI is InChI=1S/C48H35N3/c1-3-4-5-10-33(2)34-15-22-38(23-16-34)46-31-47(39-24-17-37(18-25-39)44-30-43-13-8-9-14-45(43)49-32-44)51-48(50-46)40-26-19-36(20-27-40)42-28-21-35-11-6-7-12-41(35)29-42/h3-32H,2H2,1H3/b4-3-,10-5-. The number of hydrogen-bond donors (Lipinski definition) is 0. The summed E-state index contributed by atoms with van der Waals surface area (Å²) in [6, 6.07) is 53.0. The molecule has 3 heteroatoms. The molecule has 6 aromatic carbocycles. The van der Waals surface area contributed by atoms with Gasteiger partial charge in [-0.15, -0.1) is 0 Å². The van der Waals surface area contributed by atoms with Gasteiger partial charge in [0.05, 0.1) is 16.9 Å². The van der Waals surface area contributed by atoms with Crippen molar-refractivity contribution >= 4 is 27.2 Å². The fourth-order valence-corrected chi connectivity index (χ4v) is 6.35. The van der Waals surface area contributed by atoms with E-state index in [1.165, 1.54) is 16.3 Å². The molecule has 0 aliphatic rings. The van der Waals surface area contributed by atoms with Gasteiger partial charge in [0.15, 0.2) is 5.82 Å². The second-order valence-electron chi connectivity index (χ2n) is 12.6. The number of aromatic nitrogens is 3. The van der Waals surface area contributed by atoms with Gasteiger partial charge < -0.3 is 0 Å². The number of nitrogens with zero attached hydrogens (tertiary/aromatic N) is 3. The summed E-state index contributed by atoms with van der Waals surface area (Å²) < 4.78 is 0. The van der Waals surface area contributed by atoms with E-state index in [9.17, 15) is 0 Å². The predicted molar refractivity (Wildman–Crippen MR) is 215 cm³/mol. The third kappa shape index (κ3) is 6.79. The van der Waals surface area contributed by atoms with Crippen LogP contribution >= 0.6 is 0 Å². The van der Waals surface area contributed by atoms with Crippen molar-refractivity contribution in [1.29, 1.82) is 0 Å². The first kappa shape index (κ1) is 31.6. The second-order valence-corrected chi connectivity index (χ2v) is 12.6. The van der Waals surface area contributed by atoms with Gasteiger partial charge in [0.25, 0.3) is 0 Å². The minimum absolute atomic E-state index is 0.679. The number of benzene rings is 6. The van der Waals surface area contributed by atoms with Gasteiger partial charge in [-0.25, -0.2) is 9.97 Å². The molecular weight excluding hydrogens is 619 g/mol. The first-order chi connectivity index (χ1) is 25.1. The Hall–Kier alpha value is -6.71. The van der Waals surface area contributed by atoms with Crippen LogP contribution in [0.15, 0.2) is 189 Å². The molecule has 0 saturated carbocycles. The maximum absolute atomic E-state index is 5.12. The highest BCUT2D eigenvalue weighted by Crippen LogP contribution is 2.32. The van der Waals surface area contributed by atoms with E-state index in [2.05, 4.69) is 145 Å². The van der Waals surface area contributed by atoms with Crippen LogP contribution in [0.3, 0.4) is 0 Å². The van der Waals surface area contributed by atoms with Gasteiger partial charge in [-0.3, -0.25) is 4.98 Å². The zero-order chi connectivity index (χ0) is 34.6. The molecule has 0 saturated heterocycles. The summed E-state index contributed by atoms with van der Waals surface area (Å²) in [4.78, 5) is 14.9. The van der Waals surface area contributed by atoms with Crippen molar-refractivity contribution in [3.63, 3.8) is 0 Å². The number of para-hydroxylation sites is 1. The minimum atomic E-state index is 0.679. The molecule has 2 aromatic heterocycles. The van der Waals surface area contributed by atoms with E-state index in [0.29, 0.717) is 5.82 Å². The second kappa shape index (κ2) is 14.0. The average Bonchev–Trinajstić information content (AvgIpc) is 3.20. The summed E-state index contributed by atoms with van der Waals surface area (Å²) in [5, 5.41) is 3.59. The van der Waals surface area contributed by atoms with Gasteiger partial charge in [-0.2, -0.15) is 0 Å². The third-order valence-electron chi connectivity index (χ3n) is 9.21. The average molecular weight is 654 g/mol. The number of pyridine rings is 1. The molecule has 242 valence electrons. The highest BCUT2D eigenvalue weighted by atomic mass is 14.9. The molecule has 0 spiro atoms. The molecule has 0 aliphatic heterocycles. The SMILES string of the molecule is C=C(/C=C\C=C/C)c1ccc(-c2cc(-c3ccc(-c4cnc5ccccc5c4)cc3)nc(-c3ccc(-c4ccc5ccccc5c4)cc3)n2)cc1. The maximum Gasteiger partial charge on any atom is 0.160 e. The molecule has 0 atom stereocenters. The zero-order valence-electron chi connectivity index (χ0n) is 28.4. The number of allylic oxidation sites excluding steroid dienone is 5. The Morgan fingerprint density at radius 1 is 0.490 bits per heavy atom. The van der Waals surface area contributed by atoms with E-state index >= 15 is 0 Å². The first-order valence-electron chi connectivity index (χ1n) is 17.1. The third-order valence-corrected chi connectivity index (χ3v) is 9.21. The van der Waals surface area contributed by atoms with Crippen LogP contribution in [0.4, 0.5) is 0 Å². The lowest BCUT2D eigenvalue weighted by Crippen LogP contribution is -1.96. The Balaban J connectivity index is 1.16. The highest BCUT2D eigenvalue weighted by molar-refractivity contribution is 5.88. The lowest BCUT2D eigenvalue weighted by atomic mass is 9.99. The van der Waals surface area contributed by atoms with Gasteiger partial charge in [0.1, 0.15) is 0 Å². The van der Waals surface area contributed by atoms with E-state index in [4.69, 9.17) is 9.97 Å². The van der Waals surface area contributed by atoms with Crippen molar-refractivity contribution < 1.29 is 0 Å². The van der Waals surface area contributed by atoms with Crippen LogP contribution in [0.1, 0.15) is 12.5 Å². The lowest BCUT2D eigenvalue weighted by molar-refractivity contribution is 1.18.